The summed E-state index contributed by atoms with van der Waals surface area (Å²) < 4.78 is 0. The lowest BCUT2D eigenvalue weighted by Gasteiger charge is -2.11. The summed E-state index contributed by atoms with van der Waals surface area (Å²) in [4.78, 5) is 12.2. The molecule has 4 nitrogen and oxygen atoms in total. The van der Waals surface area contributed by atoms with Crippen LogP contribution in [0.5, 0.6) is 0 Å². The van der Waals surface area contributed by atoms with Gasteiger partial charge in [-0.3, -0.25) is 10.1 Å². The van der Waals surface area contributed by atoms with E-state index in [0.717, 1.165) is 11.3 Å². The Morgan fingerprint density at radius 2 is 1.32 bits per heavy atom. The number of hydrogen-bond donors (Lipinski definition) is 0. The summed E-state index contributed by atoms with van der Waals surface area (Å²) >= 11 is 0. The van der Waals surface area contributed by atoms with Crippen molar-refractivity contribution in [1.82, 2.24) is 0 Å². The molecule has 0 N–H and O–H groups in total. The number of rotatable bonds is 2. The fourth-order valence-electron chi connectivity index (χ4n) is 2.12. The number of benzene rings is 2. The van der Waals surface area contributed by atoms with E-state index in [0.29, 0.717) is 11.1 Å². The number of nitro benzene ring substituents is 1. The Morgan fingerprint density at radius 3 is 1.71 bits per heavy atom. The van der Waals surface area contributed by atoms with Crippen LogP contribution in [-0.4, -0.2) is 19.0 Å². The maximum Gasteiger partial charge on any atom is 0.269 e. The zero-order valence-electron chi connectivity index (χ0n) is 15.5. The predicted molar refractivity (Wildman–Crippen MR) is 112 cm³/mol. The van der Waals surface area contributed by atoms with Crippen LogP contribution in [0.2, 0.25) is 0 Å². The Hall–Kier alpha value is -4.38. The normalized spacial score (nSPS) is 8.71. The quantitative estimate of drug-likeness (QED) is 0.464. The minimum atomic E-state index is -0.468. The van der Waals surface area contributed by atoms with E-state index in [2.05, 4.69) is 35.5 Å². The molecule has 134 valence electrons. The second-order valence-electron chi connectivity index (χ2n) is 5.78. The third kappa shape index (κ3) is 5.31. The van der Waals surface area contributed by atoms with E-state index in [-0.39, 0.29) is 11.3 Å². The fraction of sp³-hybridized carbons (Fsp3) is 0.0833. The number of non-ortho nitro benzene ring substituents is 1. The van der Waals surface area contributed by atoms with Gasteiger partial charge in [0.05, 0.1) is 16.1 Å². The average Bonchev–Trinajstić information content (AvgIpc) is 2.70. The second-order valence-corrected chi connectivity index (χ2v) is 5.78. The average molecular weight is 364 g/mol. The van der Waals surface area contributed by atoms with Gasteiger partial charge in [-0.05, 0) is 36.4 Å². The first kappa shape index (κ1) is 19.9. The van der Waals surface area contributed by atoms with Crippen molar-refractivity contribution in [2.45, 2.75) is 0 Å². The van der Waals surface area contributed by atoms with Gasteiger partial charge in [-0.15, -0.1) is 12.8 Å². The molecule has 0 radical (unpaired) electrons. The summed E-state index contributed by atoms with van der Waals surface area (Å²) in [7, 11) is 3.92. The lowest BCUT2D eigenvalue weighted by atomic mass is 10.1. The number of hydrogen-bond acceptors (Lipinski definition) is 3. The molecular formula is C24H16N2O2. The monoisotopic (exact) mass is 364 g/mol. The third-order valence-electron chi connectivity index (χ3n) is 3.66. The van der Waals surface area contributed by atoms with Gasteiger partial charge >= 0.3 is 0 Å². The molecule has 0 saturated carbocycles. The van der Waals surface area contributed by atoms with Gasteiger partial charge in [-0.2, -0.15) is 0 Å². The number of anilines is 1. The lowest BCUT2D eigenvalue weighted by molar-refractivity contribution is -0.384. The van der Waals surface area contributed by atoms with Crippen molar-refractivity contribution in [3.05, 3.63) is 80.9 Å². The highest BCUT2D eigenvalue weighted by Crippen LogP contribution is 2.13. The maximum atomic E-state index is 10.7. The van der Waals surface area contributed by atoms with Gasteiger partial charge in [0.15, 0.2) is 0 Å². The number of allylic oxidation sites excluding steroid dienone is 2. The third-order valence-corrected chi connectivity index (χ3v) is 3.66. The predicted octanol–water partition coefficient (Wildman–Crippen LogP) is 3.63. The first-order valence-corrected chi connectivity index (χ1v) is 8.18. The topological polar surface area (TPSA) is 46.4 Å². The largest absolute Gasteiger partial charge is 0.378 e. The Kier molecular flexibility index (Phi) is 6.66. The van der Waals surface area contributed by atoms with Gasteiger partial charge in [-0.1, -0.05) is 35.5 Å². The molecule has 0 aliphatic rings. The molecular weight excluding hydrogens is 348 g/mol. The van der Waals surface area contributed by atoms with Crippen LogP contribution in [0.15, 0.2) is 59.7 Å². The van der Waals surface area contributed by atoms with Crippen LogP contribution in [0.25, 0.3) is 0 Å². The Bertz CT molecular complexity index is 1100. The first-order valence-electron chi connectivity index (χ1n) is 8.18. The van der Waals surface area contributed by atoms with E-state index in [4.69, 9.17) is 12.8 Å². The fourth-order valence-corrected chi connectivity index (χ4v) is 2.12. The van der Waals surface area contributed by atoms with Crippen LogP contribution < -0.4 is 4.90 Å². The highest BCUT2D eigenvalue weighted by molar-refractivity contribution is 5.62. The van der Waals surface area contributed by atoms with Gasteiger partial charge in [0, 0.05) is 43.0 Å². The number of nitro groups is 1. The van der Waals surface area contributed by atoms with E-state index >= 15 is 0 Å². The van der Waals surface area contributed by atoms with Crippen molar-refractivity contribution < 1.29 is 4.92 Å². The molecule has 0 atom stereocenters. The summed E-state index contributed by atoms with van der Waals surface area (Å²) in [6.45, 7) is 0. The van der Waals surface area contributed by atoms with Crippen molar-refractivity contribution in [2.24, 2.45) is 0 Å². The van der Waals surface area contributed by atoms with Crippen molar-refractivity contribution >= 4 is 11.4 Å². The summed E-state index contributed by atoms with van der Waals surface area (Å²) in [6, 6.07) is 13.6. The molecule has 2 aromatic rings. The molecule has 2 aromatic carbocycles. The minimum absolute atomic E-state index is 0.00443. The van der Waals surface area contributed by atoms with Gasteiger partial charge < -0.3 is 4.90 Å². The maximum absolute atomic E-state index is 10.7. The zero-order valence-corrected chi connectivity index (χ0v) is 15.5. The summed E-state index contributed by atoms with van der Waals surface area (Å²) in [6.07, 6.45) is 10.9. The molecule has 2 rings (SSSR count). The Balaban J connectivity index is 2.36. The van der Waals surface area contributed by atoms with Crippen LogP contribution in [0, 0.1) is 58.5 Å². The van der Waals surface area contributed by atoms with Crippen LogP contribution in [-0.2, 0) is 0 Å². The lowest BCUT2D eigenvalue weighted by Crippen LogP contribution is -2.07. The summed E-state index contributed by atoms with van der Waals surface area (Å²) in [5, 5.41) is 10.7. The highest BCUT2D eigenvalue weighted by atomic mass is 16.6. The van der Waals surface area contributed by atoms with E-state index in [1.165, 1.54) is 12.1 Å². The molecule has 4 heteroatoms. The van der Waals surface area contributed by atoms with Crippen LogP contribution in [0.4, 0.5) is 11.4 Å². The van der Waals surface area contributed by atoms with Gasteiger partial charge in [-0.25, -0.2) is 0 Å². The zero-order chi connectivity index (χ0) is 20.5. The SMILES string of the molecule is C#CC(C#C)=C(C#Cc1ccc(N(C)C)cc1)C#Cc1ccc([N+](=O)[O-])cc1. The van der Waals surface area contributed by atoms with E-state index < -0.39 is 4.92 Å². The van der Waals surface area contributed by atoms with E-state index in [9.17, 15) is 10.1 Å². The van der Waals surface area contributed by atoms with Crippen LogP contribution in [0.1, 0.15) is 11.1 Å². The first-order chi connectivity index (χ1) is 13.4. The molecule has 0 fully saturated rings. The summed E-state index contributed by atoms with van der Waals surface area (Å²) in [5.41, 5.74) is 3.05. The molecule has 0 amide bonds. The van der Waals surface area contributed by atoms with Crippen molar-refractivity contribution in [1.29, 1.82) is 0 Å². The summed E-state index contributed by atoms with van der Waals surface area (Å²) in [5.74, 6) is 16.5. The Labute approximate surface area is 165 Å². The van der Waals surface area contributed by atoms with Crippen LogP contribution >= 0.6 is 0 Å². The molecule has 0 heterocycles. The molecule has 28 heavy (non-hydrogen) atoms. The molecule has 0 bridgehead atoms. The van der Waals surface area contributed by atoms with Crippen LogP contribution in [0.3, 0.4) is 0 Å². The standard InChI is InChI=1S/C24H16N2O2/c1-5-21(6-2)22(13-7-19-9-15-23(16-10-19)25(3)4)14-8-20-11-17-24(18-12-20)26(27)28/h1-2,9-12,15-18H,3-4H3. The smallest absolute Gasteiger partial charge is 0.269 e. The van der Waals surface area contributed by atoms with Gasteiger partial charge in [0.25, 0.3) is 5.69 Å². The van der Waals surface area contributed by atoms with E-state index in [1.54, 1.807) is 12.1 Å². The second kappa shape index (κ2) is 9.35. The van der Waals surface area contributed by atoms with Crippen molar-refractivity contribution in [3.63, 3.8) is 0 Å². The van der Waals surface area contributed by atoms with Gasteiger partial charge in [0.1, 0.15) is 0 Å². The number of nitrogens with zero attached hydrogens (tertiary/aromatic N) is 2. The van der Waals surface area contributed by atoms with Crippen molar-refractivity contribution in [3.8, 4) is 48.4 Å². The van der Waals surface area contributed by atoms with Gasteiger partial charge in [0.2, 0.25) is 0 Å². The molecule has 0 unspecified atom stereocenters. The highest BCUT2D eigenvalue weighted by Gasteiger charge is 2.02. The molecule has 0 spiro atoms. The number of terminal acetylenes is 2. The minimum Gasteiger partial charge on any atom is -0.378 e. The Morgan fingerprint density at radius 1 is 0.857 bits per heavy atom. The molecule has 0 aliphatic carbocycles. The van der Waals surface area contributed by atoms with Crippen molar-refractivity contribution in [2.75, 3.05) is 19.0 Å². The molecule has 0 aromatic heterocycles. The van der Waals surface area contributed by atoms with E-state index in [1.807, 2.05) is 43.3 Å². The molecule has 0 saturated heterocycles. The molecule has 0 aliphatic heterocycles.